The van der Waals surface area contributed by atoms with E-state index in [1.807, 2.05) is 0 Å². The fourth-order valence-electron chi connectivity index (χ4n) is 4.36. The summed E-state index contributed by atoms with van der Waals surface area (Å²) in [6.45, 7) is 3.17. The number of hydrogen-bond acceptors (Lipinski definition) is 4. The van der Waals surface area contributed by atoms with E-state index in [-0.39, 0.29) is 28.7 Å². The molecule has 2 aliphatic carbocycles. The SMILES string of the molecule is CCCS(=O)(=O)CC(CC1CC1)(NC(=O)c1ccc(C(F)(F)F)nc1C)C1CCC1. The lowest BCUT2D eigenvalue weighted by Gasteiger charge is -2.46. The monoisotopic (exact) mass is 446 g/mol. The quantitative estimate of drug-likeness (QED) is 0.614. The van der Waals surface area contributed by atoms with Crippen molar-refractivity contribution in [3.05, 3.63) is 29.1 Å². The van der Waals surface area contributed by atoms with Gasteiger partial charge in [0, 0.05) is 5.75 Å². The van der Waals surface area contributed by atoms with Gasteiger partial charge >= 0.3 is 6.18 Å². The van der Waals surface area contributed by atoms with Crippen LogP contribution in [0.15, 0.2) is 12.1 Å². The van der Waals surface area contributed by atoms with Gasteiger partial charge in [-0.2, -0.15) is 13.2 Å². The summed E-state index contributed by atoms with van der Waals surface area (Å²) in [5.74, 6) is -0.157. The van der Waals surface area contributed by atoms with Gasteiger partial charge in [0.15, 0.2) is 9.84 Å². The number of hydrogen-bond donors (Lipinski definition) is 1. The summed E-state index contributed by atoms with van der Waals surface area (Å²) in [4.78, 5) is 16.7. The zero-order chi connectivity index (χ0) is 22.2. The number of aromatic nitrogens is 1. The Morgan fingerprint density at radius 2 is 1.87 bits per heavy atom. The third-order valence-corrected chi connectivity index (χ3v) is 8.20. The molecule has 2 fully saturated rings. The van der Waals surface area contributed by atoms with E-state index in [2.05, 4.69) is 10.3 Å². The Hall–Kier alpha value is -1.64. The number of pyridine rings is 1. The average molecular weight is 447 g/mol. The molecule has 1 atom stereocenters. The number of nitrogens with zero attached hydrogens (tertiary/aromatic N) is 1. The fraction of sp³-hybridized carbons (Fsp3) is 0.714. The maximum absolute atomic E-state index is 13.1. The second-order valence-electron chi connectivity index (χ2n) is 8.80. The van der Waals surface area contributed by atoms with Crippen LogP contribution in [0.25, 0.3) is 0 Å². The van der Waals surface area contributed by atoms with Crippen LogP contribution in [0, 0.1) is 18.8 Å². The third kappa shape index (κ3) is 5.34. The Kier molecular flexibility index (Phi) is 6.51. The van der Waals surface area contributed by atoms with Crippen LogP contribution < -0.4 is 5.32 Å². The summed E-state index contributed by atoms with van der Waals surface area (Å²) in [5.41, 5.74) is -1.90. The van der Waals surface area contributed by atoms with Gasteiger partial charge in [0.1, 0.15) is 5.69 Å². The van der Waals surface area contributed by atoms with Crippen molar-refractivity contribution in [3.63, 3.8) is 0 Å². The number of rotatable bonds is 9. The largest absolute Gasteiger partial charge is 0.433 e. The molecule has 1 unspecified atom stereocenters. The maximum atomic E-state index is 13.1. The lowest BCUT2D eigenvalue weighted by molar-refractivity contribution is -0.141. The molecule has 2 aliphatic rings. The van der Waals surface area contributed by atoms with Gasteiger partial charge in [0.05, 0.1) is 22.5 Å². The zero-order valence-electron chi connectivity index (χ0n) is 17.4. The molecule has 3 rings (SSSR count). The van der Waals surface area contributed by atoms with Gasteiger partial charge in [0.25, 0.3) is 5.91 Å². The predicted octanol–water partition coefficient (Wildman–Crippen LogP) is 4.30. The van der Waals surface area contributed by atoms with E-state index in [1.54, 1.807) is 6.92 Å². The van der Waals surface area contributed by atoms with E-state index in [9.17, 15) is 26.4 Å². The topological polar surface area (TPSA) is 76.1 Å². The van der Waals surface area contributed by atoms with Crippen molar-refractivity contribution in [1.29, 1.82) is 0 Å². The van der Waals surface area contributed by atoms with Gasteiger partial charge in [-0.3, -0.25) is 4.79 Å². The Morgan fingerprint density at radius 3 is 2.33 bits per heavy atom. The van der Waals surface area contributed by atoms with Crippen LogP contribution >= 0.6 is 0 Å². The minimum absolute atomic E-state index is 0.0207. The Morgan fingerprint density at radius 1 is 1.20 bits per heavy atom. The van der Waals surface area contributed by atoms with E-state index in [4.69, 9.17) is 0 Å². The molecule has 0 bridgehead atoms. The third-order valence-electron chi connectivity index (χ3n) is 6.21. The summed E-state index contributed by atoms with van der Waals surface area (Å²) in [5, 5.41) is 2.99. The maximum Gasteiger partial charge on any atom is 0.433 e. The summed E-state index contributed by atoms with van der Waals surface area (Å²) in [7, 11) is -3.37. The van der Waals surface area contributed by atoms with Crippen molar-refractivity contribution in [2.24, 2.45) is 11.8 Å². The van der Waals surface area contributed by atoms with Gasteiger partial charge in [-0.25, -0.2) is 13.4 Å². The molecule has 30 heavy (non-hydrogen) atoms. The minimum atomic E-state index is -4.59. The molecule has 1 N–H and O–H groups in total. The minimum Gasteiger partial charge on any atom is -0.345 e. The van der Waals surface area contributed by atoms with Gasteiger partial charge in [-0.1, -0.05) is 26.2 Å². The number of sulfone groups is 1. The van der Waals surface area contributed by atoms with Crippen molar-refractivity contribution in [2.45, 2.75) is 70.5 Å². The Balaban J connectivity index is 1.91. The highest BCUT2D eigenvalue weighted by molar-refractivity contribution is 7.91. The smallest absolute Gasteiger partial charge is 0.345 e. The van der Waals surface area contributed by atoms with Crippen LogP contribution in [0.5, 0.6) is 0 Å². The molecule has 1 aromatic heterocycles. The summed E-state index contributed by atoms with van der Waals surface area (Å²) >= 11 is 0. The van der Waals surface area contributed by atoms with Crippen molar-refractivity contribution >= 4 is 15.7 Å². The van der Waals surface area contributed by atoms with Gasteiger partial charge in [0.2, 0.25) is 0 Å². The van der Waals surface area contributed by atoms with E-state index < -0.39 is 33.2 Å². The molecule has 168 valence electrons. The fourth-order valence-corrected chi connectivity index (χ4v) is 6.34. The molecule has 5 nitrogen and oxygen atoms in total. The molecule has 0 saturated heterocycles. The molecule has 0 spiro atoms. The summed E-state index contributed by atoms with van der Waals surface area (Å²) in [6, 6.07) is 1.92. The lowest BCUT2D eigenvalue weighted by Crippen LogP contribution is -2.60. The molecule has 0 radical (unpaired) electrons. The van der Waals surface area contributed by atoms with Crippen molar-refractivity contribution in [2.75, 3.05) is 11.5 Å². The van der Waals surface area contributed by atoms with Crippen LogP contribution in [-0.4, -0.2) is 36.4 Å². The predicted molar refractivity (Wildman–Crippen MR) is 108 cm³/mol. The number of alkyl halides is 3. The second-order valence-corrected chi connectivity index (χ2v) is 11.0. The van der Waals surface area contributed by atoms with Gasteiger partial charge < -0.3 is 5.32 Å². The molecule has 0 aliphatic heterocycles. The first-order valence-electron chi connectivity index (χ1n) is 10.5. The molecule has 0 aromatic carbocycles. The van der Waals surface area contributed by atoms with E-state index >= 15 is 0 Å². The molecular formula is C21H29F3N2O3S. The van der Waals surface area contributed by atoms with E-state index in [0.717, 1.165) is 44.2 Å². The van der Waals surface area contributed by atoms with E-state index in [0.29, 0.717) is 18.8 Å². The normalized spacial score (nSPS) is 19.8. The number of aryl methyl sites for hydroxylation is 1. The number of carbonyl (C=O) groups excluding carboxylic acids is 1. The highest BCUT2D eigenvalue weighted by Gasteiger charge is 2.48. The first-order valence-corrected chi connectivity index (χ1v) is 12.4. The van der Waals surface area contributed by atoms with Crippen molar-refractivity contribution < 1.29 is 26.4 Å². The molecule has 9 heteroatoms. The second kappa shape index (κ2) is 8.48. The van der Waals surface area contributed by atoms with Gasteiger partial charge in [-0.05, 0) is 56.6 Å². The zero-order valence-corrected chi connectivity index (χ0v) is 18.2. The van der Waals surface area contributed by atoms with Gasteiger partial charge in [-0.15, -0.1) is 0 Å². The number of carbonyl (C=O) groups is 1. The highest BCUT2D eigenvalue weighted by atomic mass is 32.2. The number of nitrogens with one attached hydrogen (secondary N) is 1. The first-order chi connectivity index (χ1) is 14.0. The van der Waals surface area contributed by atoms with Crippen LogP contribution in [0.2, 0.25) is 0 Å². The number of amides is 1. The molecular weight excluding hydrogens is 417 g/mol. The average Bonchev–Trinajstić information content (AvgIpc) is 3.34. The summed E-state index contributed by atoms with van der Waals surface area (Å²) < 4.78 is 64.2. The van der Waals surface area contributed by atoms with E-state index in [1.165, 1.54) is 6.92 Å². The Labute approximate surface area is 175 Å². The van der Waals surface area contributed by atoms with Crippen LogP contribution in [0.4, 0.5) is 13.2 Å². The van der Waals surface area contributed by atoms with Crippen molar-refractivity contribution in [1.82, 2.24) is 10.3 Å². The Bertz CT molecular complexity index is 893. The van der Waals surface area contributed by atoms with Crippen LogP contribution in [-0.2, 0) is 16.0 Å². The molecule has 2 saturated carbocycles. The van der Waals surface area contributed by atoms with Crippen LogP contribution in [0.1, 0.15) is 73.6 Å². The summed E-state index contributed by atoms with van der Waals surface area (Å²) in [6.07, 6.45) is 1.22. The number of halogens is 3. The lowest BCUT2D eigenvalue weighted by atomic mass is 9.69. The molecule has 1 heterocycles. The highest BCUT2D eigenvalue weighted by Crippen LogP contribution is 2.46. The molecule has 1 amide bonds. The van der Waals surface area contributed by atoms with Crippen molar-refractivity contribution in [3.8, 4) is 0 Å². The molecule has 1 aromatic rings. The standard InChI is InChI=1S/C21H29F3N2O3S/c1-3-11-30(28,29)13-20(12-15-7-8-15,16-5-4-6-16)26-19(27)17-9-10-18(21(22,23)24)25-14(17)2/h9-10,15-16H,3-8,11-13H2,1-2H3,(H,26,27). The van der Waals surface area contributed by atoms with Crippen LogP contribution in [0.3, 0.4) is 0 Å². The first kappa shape index (κ1) is 23.0.